The van der Waals surface area contributed by atoms with Gasteiger partial charge in [-0.25, -0.2) is 4.79 Å². The molecule has 0 bridgehead atoms. The highest BCUT2D eigenvalue weighted by atomic mass is 35.6. The maximum atomic E-state index is 11.6. The van der Waals surface area contributed by atoms with E-state index in [0.29, 0.717) is 0 Å². The van der Waals surface area contributed by atoms with Gasteiger partial charge in [0, 0.05) is 6.92 Å². The van der Waals surface area contributed by atoms with Crippen molar-refractivity contribution >= 4 is 46.9 Å². The van der Waals surface area contributed by atoms with Gasteiger partial charge in [0.15, 0.2) is 6.10 Å². The number of halogens is 3. The lowest BCUT2D eigenvalue weighted by molar-refractivity contribution is -0.179. The first-order valence-electron chi connectivity index (χ1n) is 6.07. The van der Waals surface area contributed by atoms with E-state index in [9.17, 15) is 14.7 Å². The first-order valence-corrected chi connectivity index (χ1v) is 7.20. The molecule has 4 unspecified atom stereocenters. The Balaban J connectivity index is 2.61. The number of alkyl halides is 3. The van der Waals surface area contributed by atoms with E-state index < -0.39 is 46.8 Å². The van der Waals surface area contributed by atoms with Crippen molar-refractivity contribution in [2.75, 3.05) is 13.2 Å². The van der Waals surface area contributed by atoms with Gasteiger partial charge in [0.2, 0.25) is 3.79 Å². The number of esters is 1. The Morgan fingerprint density at radius 2 is 2.05 bits per heavy atom. The zero-order valence-electron chi connectivity index (χ0n) is 11.3. The predicted molar refractivity (Wildman–Crippen MR) is 75.5 cm³/mol. The molecule has 7 nitrogen and oxygen atoms in total. The van der Waals surface area contributed by atoms with Gasteiger partial charge in [0.05, 0.1) is 18.8 Å². The van der Waals surface area contributed by atoms with Gasteiger partial charge in [-0.1, -0.05) is 34.8 Å². The highest BCUT2D eigenvalue weighted by molar-refractivity contribution is 6.67. The second kappa shape index (κ2) is 7.69. The first kappa shape index (κ1) is 18.6. The highest BCUT2D eigenvalue weighted by Crippen LogP contribution is 2.26. The molecule has 1 aliphatic heterocycles. The summed E-state index contributed by atoms with van der Waals surface area (Å²) in [5.41, 5.74) is 0. The quantitative estimate of drug-likeness (QED) is 0.576. The largest absolute Gasteiger partial charge is 0.457 e. The van der Waals surface area contributed by atoms with E-state index in [1.54, 1.807) is 6.92 Å². The number of aliphatic hydroxyl groups excluding tert-OH is 1. The SMILES string of the molecule is CC(=O)OC1C(NC(=O)OCC(Cl)(Cl)Cl)COC(C)C1O. The summed E-state index contributed by atoms with van der Waals surface area (Å²) in [6, 6.07) is -0.775. The van der Waals surface area contributed by atoms with Gasteiger partial charge in [0.1, 0.15) is 12.7 Å². The van der Waals surface area contributed by atoms with E-state index >= 15 is 0 Å². The molecule has 4 atom stereocenters. The zero-order chi connectivity index (χ0) is 16.2. The number of hydrogen-bond donors (Lipinski definition) is 2. The Labute approximate surface area is 136 Å². The molecule has 0 aromatic heterocycles. The normalized spacial score (nSPS) is 29.6. The molecule has 1 saturated heterocycles. The molecule has 0 radical (unpaired) electrons. The van der Waals surface area contributed by atoms with Crippen molar-refractivity contribution in [3.63, 3.8) is 0 Å². The third kappa shape index (κ3) is 6.44. The van der Waals surface area contributed by atoms with Crippen LogP contribution in [0, 0.1) is 0 Å². The molecule has 0 aromatic carbocycles. The molecule has 0 aliphatic carbocycles. The minimum atomic E-state index is -1.73. The summed E-state index contributed by atoms with van der Waals surface area (Å²) >= 11 is 16.4. The van der Waals surface area contributed by atoms with Crippen LogP contribution in [0.2, 0.25) is 0 Å². The van der Waals surface area contributed by atoms with Crippen LogP contribution in [0.5, 0.6) is 0 Å². The van der Waals surface area contributed by atoms with Crippen molar-refractivity contribution in [3.8, 4) is 0 Å². The van der Waals surface area contributed by atoms with E-state index in [-0.39, 0.29) is 6.61 Å². The van der Waals surface area contributed by atoms with E-state index in [2.05, 4.69) is 5.32 Å². The molecule has 1 heterocycles. The summed E-state index contributed by atoms with van der Waals surface area (Å²) in [5.74, 6) is -0.588. The molecule has 0 aromatic rings. The standard InChI is InChI=1S/C11H16Cl3NO6/c1-5-8(17)9(21-6(2)16)7(3-19-5)15-10(18)20-4-11(12,13)14/h5,7-9,17H,3-4H2,1-2H3,(H,15,18). The average Bonchev–Trinajstić information content (AvgIpc) is 2.34. The van der Waals surface area contributed by atoms with E-state index in [1.807, 2.05) is 0 Å². The lowest BCUT2D eigenvalue weighted by Crippen LogP contribution is -2.60. The minimum absolute atomic E-state index is 0.0407. The Morgan fingerprint density at radius 3 is 2.57 bits per heavy atom. The molecule has 1 fully saturated rings. The number of carbonyl (C=O) groups is 2. The van der Waals surface area contributed by atoms with Crippen LogP contribution in [0.25, 0.3) is 0 Å². The number of nitrogens with one attached hydrogen (secondary N) is 1. The number of alkyl carbamates (subject to hydrolysis) is 1. The molecule has 122 valence electrons. The van der Waals surface area contributed by atoms with Crippen LogP contribution in [0.4, 0.5) is 4.79 Å². The van der Waals surface area contributed by atoms with Crippen LogP contribution in [0.3, 0.4) is 0 Å². The topological polar surface area (TPSA) is 94.1 Å². The Morgan fingerprint density at radius 1 is 1.43 bits per heavy atom. The van der Waals surface area contributed by atoms with Crippen molar-refractivity contribution in [2.24, 2.45) is 0 Å². The number of carbonyl (C=O) groups excluding carboxylic acids is 2. The lowest BCUT2D eigenvalue weighted by atomic mass is 9.99. The van der Waals surface area contributed by atoms with Crippen molar-refractivity contribution in [1.82, 2.24) is 5.32 Å². The molecule has 10 heteroatoms. The van der Waals surface area contributed by atoms with Crippen LogP contribution in [0.15, 0.2) is 0 Å². The second-order valence-corrected chi connectivity index (χ2v) is 7.06. The molecule has 1 amide bonds. The number of rotatable bonds is 3. The fraction of sp³-hybridized carbons (Fsp3) is 0.818. The molecular weight excluding hydrogens is 348 g/mol. The number of aliphatic hydroxyl groups is 1. The summed E-state index contributed by atoms with van der Waals surface area (Å²) in [6.45, 7) is 2.41. The van der Waals surface area contributed by atoms with Gasteiger partial charge in [0.25, 0.3) is 0 Å². The van der Waals surface area contributed by atoms with Gasteiger partial charge >= 0.3 is 12.1 Å². The number of hydrogen-bond acceptors (Lipinski definition) is 6. The average molecular weight is 365 g/mol. The summed E-state index contributed by atoms with van der Waals surface area (Å²) in [4.78, 5) is 22.7. The van der Waals surface area contributed by atoms with Gasteiger partial charge in [-0.3, -0.25) is 4.79 Å². The Hall–Kier alpha value is -0.470. The highest BCUT2D eigenvalue weighted by Gasteiger charge is 2.41. The monoisotopic (exact) mass is 363 g/mol. The van der Waals surface area contributed by atoms with Crippen molar-refractivity contribution in [2.45, 2.75) is 42.0 Å². The Kier molecular flexibility index (Phi) is 6.80. The van der Waals surface area contributed by atoms with Crippen LogP contribution in [-0.2, 0) is 19.0 Å². The van der Waals surface area contributed by atoms with Crippen molar-refractivity contribution in [3.05, 3.63) is 0 Å². The Bertz CT molecular complexity index is 389. The molecule has 0 spiro atoms. The molecule has 21 heavy (non-hydrogen) atoms. The van der Waals surface area contributed by atoms with Crippen molar-refractivity contribution < 1.29 is 28.9 Å². The van der Waals surface area contributed by atoms with E-state index in [4.69, 9.17) is 49.0 Å². The molecule has 1 rings (SSSR count). The molecule has 0 saturated carbocycles. The van der Waals surface area contributed by atoms with Crippen LogP contribution >= 0.6 is 34.8 Å². The van der Waals surface area contributed by atoms with E-state index in [0.717, 1.165) is 0 Å². The lowest BCUT2D eigenvalue weighted by Gasteiger charge is -2.38. The minimum Gasteiger partial charge on any atom is -0.457 e. The third-order valence-electron chi connectivity index (χ3n) is 2.73. The maximum Gasteiger partial charge on any atom is 0.407 e. The summed E-state index contributed by atoms with van der Waals surface area (Å²) < 4.78 is 13.3. The maximum absolute atomic E-state index is 11.6. The van der Waals surface area contributed by atoms with Crippen LogP contribution in [-0.4, -0.2) is 58.5 Å². The number of amides is 1. The van der Waals surface area contributed by atoms with Gasteiger partial charge in [-0.15, -0.1) is 0 Å². The van der Waals surface area contributed by atoms with Gasteiger partial charge < -0.3 is 24.6 Å². The summed E-state index contributed by atoms with van der Waals surface area (Å²) in [6.07, 6.45) is -3.45. The van der Waals surface area contributed by atoms with Crippen molar-refractivity contribution in [1.29, 1.82) is 0 Å². The molecular formula is C11H16Cl3NO6. The van der Waals surface area contributed by atoms with E-state index in [1.165, 1.54) is 6.92 Å². The number of ether oxygens (including phenoxy) is 3. The first-order chi connectivity index (χ1) is 9.60. The van der Waals surface area contributed by atoms with Gasteiger partial charge in [-0.2, -0.15) is 0 Å². The zero-order valence-corrected chi connectivity index (χ0v) is 13.6. The smallest absolute Gasteiger partial charge is 0.407 e. The van der Waals surface area contributed by atoms with Crippen LogP contribution in [0.1, 0.15) is 13.8 Å². The predicted octanol–water partition coefficient (Wildman–Crippen LogP) is 1.16. The molecule has 1 aliphatic rings. The molecule has 2 N–H and O–H groups in total. The van der Waals surface area contributed by atoms with Gasteiger partial charge in [-0.05, 0) is 6.92 Å². The fourth-order valence-corrected chi connectivity index (χ4v) is 1.93. The second-order valence-electron chi connectivity index (χ2n) is 4.55. The summed E-state index contributed by atoms with van der Waals surface area (Å²) in [7, 11) is 0. The summed E-state index contributed by atoms with van der Waals surface area (Å²) in [5, 5.41) is 12.4. The fourth-order valence-electron chi connectivity index (χ4n) is 1.76. The van der Waals surface area contributed by atoms with Crippen LogP contribution < -0.4 is 5.32 Å². The third-order valence-corrected chi connectivity index (χ3v) is 3.05.